The van der Waals surface area contributed by atoms with Gasteiger partial charge in [0.15, 0.2) is 9.84 Å². The van der Waals surface area contributed by atoms with Crippen LogP contribution in [0.15, 0.2) is 29.2 Å². The summed E-state index contributed by atoms with van der Waals surface area (Å²) in [5.74, 6) is 0.468. The zero-order chi connectivity index (χ0) is 14.9. The number of hydrogen-bond donors (Lipinski definition) is 1. The van der Waals surface area contributed by atoms with Crippen LogP contribution in [0, 0.1) is 5.41 Å². The van der Waals surface area contributed by atoms with Gasteiger partial charge in [-0.15, -0.1) is 0 Å². The molecule has 1 aromatic carbocycles. The maximum atomic E-state index is 12.5. The zero-order valence-electron chi connectivity index (χ0n) is 12.8. The summed E-state index contributed by atoms with van der Waals surface area (Å²) in [6.07, 6.45) is 6.03. The van der Waals surface area contributed by atoms with Gasteiger partial charge >= 0.3 is 0 Å². The van der Waals surface area contributed by atoms with Crippen LogP contribution in [0.25, 0.3) is 0 Å². The van der Waals surface area contributed by atoms with Crippen molar-refractivity contribution in [2.24, 2.45) is 5.41 Å². The molecule has 0 aromatic heterocycles. The van der Waals surface area contributed by atoms with Gasteiger partial charge in [0.05, 0.1) is 10.6 Å². The Morgan fingerprint density at radius 1 is 1.19 bits per heavy atom. The minimum absolute atomic E-state index is 0.119. The second-order valence-corrected chi connectivity index (χ2v) is 8.58. The van der Waals surface area contributed by atoms with Gasteiger partial charge in [-0.2, -0.15) is 0 Å². The maximum absolute atomic E-state index is 12.5. The second-order valence-electron chi connectivity index (χ2n) is 6.58. The van der Waals surface area contributed by atoms with E-state index in [1.807, 2.05) is 18.2 Å². The molecule has 3 rings (SSSR count). The van der Waals surface area contributed by atoms with Crippen LogP contribution in [-0.2, 0) is 9.84 Å². The van der Waals surface area contributed by atoms with Gasteiger partial charge in [-0.25, -0.2) is 8.42 Å². The first-order valence-corrected chi connectivity index (χ1v) is 9.77. The van der Waals surface area contributed by atoms with Gasteiger partial charge in [0.1, 0.15) is 0 Å². The number of nitrogens with one attached hydrogen (secondary N) is 1. The average Bonchev–Trinajstić information content (AvgIpc) is 2.79. The molecule has 4 heteroatoms. The smallest absolute Gasteiger partial charge is 0.179 e. The molecule has 1 saturated carbocycles. The summed E-state index contributed by atoms with van der Waals surface area (Å²) in [5, 5.41) is 3.50. The summed E-state index contributed by atoms with van der Waals surface area (Å²) in [7, 11) is -3.10. The first-order valence-electron chi connectivity index (χ1n) is 8.11. The fourth-order valence-electron chi connectivity index (χ4n) is 4.24. The Kier molecular flexibility index (Phi) is 4.10. The molecule has 0 spiro atoms. The molecule has 1 heterocycles. The van der Waals surface area contributed by atoms with Gasteiger partial charge in [-0.3, -0.25) is 0 Å². The lowest BCUT2D eigenvalue weighted by Gasteiger charge is -2.42. The van der Waals surface area contributed by atoms with Crippen molar-refractivity contribution in [2.75, 3.05) is 18.8 Å². The molecule has 0 radical (unpaired) electrons. The Morgan fingerprint density at radius 3 is 2.62 bits per heavy atom. The third-order valence-electron chi connectivity index (χ3n) is 5.33. The van der Waals surface area contributed by atoms with Crippen LogP contribution in [0.1, 0.15) is 50.5 Å². The average molecular weight is 307 g/mol. The standard InChI is InChI=1S/C17H25NO2S/c1-2-18-13-17(10-6-3-7-11-17)15-12-21(19,20)16-9-5-4-8-14(15)16/h4-5,8-9,15,18H,2-3,6-7,10-13H2,1H3. The van der Waals surface area contributed by atoms with Crippen molar-refractivity contribution in [3.8, 4) is 0 Å². The lowest BCUT2D eigenvalue weighted by atomic mass is 9.64. The molecule has 3 nitrogen and oxygen atoms in total. The lowest BCUT2D eigenvalue weighted by molar-refractivity contribution is 0.149. The van der Waals surface area contributed by atoms with Crippen LogP contribution in [0.4, 0.5) is 0 Å². The minimum atomic E-state index is -3.10. The summed E-state index contributed by atoms with van der Waals surface area (Å²) in [6.45, 7) is 4.01. The first-order chi connectivity index (χ1) is 10.1. The normalized spacial score (nSPS) is 26.4. The van der Waals surface area contributed by atoms with Crippen LogP contribution in [0.5, 0.6) is 0 Å². The number of fused-ring (bicyclic) bond motifs is 1. The van der Waals surface area contributed by atoms with Crippen molar-refractivity contribution in [3.05, 3.63) is 29.8 Å². The Hall–Kier alpha value is -0.870. The Balaban J connectivity index is 2.01. The Labute approximate surface area is 128 Å². The fourth-order valence-corrected chi connectivity index (χ4v) is 6.24. The Bertz CT molecular complexity index is 603. The van der Waals surface area contributed by atoms with E-state index in [1.165, 1.54) is 19.3 Å². The third kappa shape index (κ3) is 2.64. The molecule has 1 aliphatic heterocycles. The van der Waals surface area contributed by atoms with Crippen molar-refractivity contribution >= 4 is 9.84 Å². The molecule has 1 fully saturated rings. The Morgan fingerprint density at radius 2 is 1.90 bits per heavy atom. The van der Waals surface area contributed by atoms with Gasteiger partial charge in [0.25, 0.3) is 0 Å². The van der Waals surface area contributed by atoms with E-state index in [0.717, 1.165) is 31.5 Å². The van der Waals surface area contributed by atoms with E-state index < -0.39 is 9.84 Å². The van der Waals surface area contributed by atoms with Crippen molar-refractivity contribution in [3.63, 3.8) is 0 Å². The highest BCUT2D eigenvalue weighted by atomic mass is 32.2. The lowest BCUT2D eigenvalue weighted by Crippen LogP contribution is -2.41. The zero-order valence-corrected chi connectivity index (χ0v) is 13.6. The number of rotatable bonds is 4. The summed E-state index contributed by atoms with van der Waals surface area (Å²) >= 11 is 0. The highest BCUT2D eigenvalue weighted by Crippen LogP contribution is 2.52. The highest BCUT2D eigenvalue weighted by Gasteiger charge is 2.47. The van der Waals surface area contributed by atoms with Crippen LogP contribution >= 0.6 is 0 Å². The number of benzene rings is 1. The van der Waals surface area contributed by atoms with Gasteiger partial charge in [0, 0.05) is 12.5 Å². The van der Waals surface area contributed by atoms with Crippen LogP contribution < -0.4 is 5.32 Å². The molecule has 1 aliphatic carbocycles. The largest absolute Gasteiger partial charge is 0.316 e. The van der Waals surface area contributed by atoms with Gasteiger partial charge in [-0.05, 0) is 36.4 Å². The molecule has 0 saturated heterocycles. The molecular formula is C17H25NO2S. The molecule has 21 heavy (non-hydrogen) atoms. The molecular weight excluding hydrogens is 282 g/mol. The topological polar surface area (TPSA) is 46.2 Å². The molecule has 0 bridgehead atoms. The summed E-state index contributed by atoms with van der Waals surface area (Å²) in [6, 6.07) is 7.65. The maximum Gasteiger partial charge on any atom is 0.179 e. The van der Waals surface area contributed by atoms with E-state index in [1.54, 1.807) is 6.07 Å². The number of hydrogen-bond acceptors (Lipinski definition) is 3. The van der Waals surface area contributed by atoms with E-state index in [-0.39, 0.29) is 11.3 Å². The monoisotopic (exact) mass is 307 g/mol. The predicted molar refractivity (Wildman–Crippen MR) is 85.3 cm³/mol. The molecule has 0 amide bonds. The quantitative estimate of drug-likeness (QED) is 0.929. The van der Waals surface area contributed by atoms with E-state index in [0.29, 0.717) is 10.6 Å². The first kappa shape index (κ1) is 15.0. The molecule has 2 aliphatic rings. The van der Waals surface area contributed by atoms with Crippen LogP contribution in [-0.4, -0.2) is 27.3 Å². The van der Waals surface area contributed by atoms with Crippen molar-refractivity contribution in [2.45, 2.75) is 49.8 Å². The minimum Gasteiger partial charge on any atom is -0.316 e. The van der Waals surface area contributed by atoms with Gasteiger partial charge in [0.2, 0.25) is 0 Å². The van der Waals surface area contributed by atoms with Crippen molar-refractivity contribution in [1.82, 2.24) is 5.32 Å². The number of sulfone groups is 1. The predicted octanol–water partition coefficient (Wildman–Crippen LogP) is 3.12. The molecule has 1 atom stereocenters. The summed E-state index contributed by atoms with van der Waals surface area (Å²) in [5.41, 5.74) is 1.19. The highest BCUT2D eigenvalue weighted by molar-refractivity contribution is 7.91. The van der Waals surface area contributed by atoms with Crippen LogP contribution in [0.3, 0.4) is 0 Å². The summed E-state index contributed by atoms with van der Waals surface area (Å²) < 4.78 is 25.0. The van der Waals surface area contributed by atoms with E-state index in [4.69, 9.17) is 0 Å². The molecule has 116 valence electrons. The molecule has 1 N–H and O–H groups in total. The van der Waals surface area contributed by atoms with Crippen LogP contribution in [0.2, 0.25) is 0 Å². The van der Waals surface area contributed by atoms with Gasteiger partial charge < -0.3 is 5.32 Å². The van der Waals surface area contributed by atoms with Crippen molar-refractivity contribution < 1.29 is 8.42 Å². The van der Waals surface area contributed by atoms with E-state index >= 15 is 0 Å². The molecule has 1 unspecified atom stereocenters. The van der Waals surface area contributed by atoms with Gasteiger partial charge in [-0.1, -0.05) is 44.4 Å². The second kappa shape index (κ2) is 5.73. The van der Waals surface area contributed by atoms with E-state index in [9.17, 15) is 8.42 Å². The third-order valence-corrected chi connectivity index (χ3v) is 7.15. The van der Waals surface area contributed by atoms with E-state index in [2.05, 4.69) is 12.2 Å². The van der Waals surface area contributed by atoms with Crippen molar-refractivity contribution in [1.29, 1.82) is 0 Å². The fraction of sp³-hybridized carbons (Fsp3) is 0.647. The SMILES string of the molecule is CCNCC1(C2CS(=O)(=O)c3ccccc32)CCCCC1. The molecule has 1 aromatic rings. The summed E-state index contributed by atoms with van der Waals surface area (Å²) in [4.78, 5) is 0.580.